The topological polar surface area (TPSA) is 80.3 Å². The van der Waals surface area contributed by atoms with Crippen LogP contribution in [0.15, 0.2) is 47.8 Å². The van der Waals surface area contributed by atoms with Crippen molar-refractivity contribution in [2.45, 2.75) is 20.3 Å². The van der Waals surface area contributed by atoms with Crippen molar-refractivity contribution in [3.05, 3.63) is 70.2 Å². The molecule has 6 nitrogen and oxygen atoms in total. The summed E-state index contributed by atoms with van der Waals surface area (Å²) >= 11 is 1.29. The molecule has 0 unspecified atom stereocenters. The quantitative estimate of drug-likeness (QED) is 0.655. The third-order valence-electron chi connectivity index (χ3n) is 4.12. The van der Waals surface area contributed by atoms with Gasteiger partial charge in [-0.05, 0) is 49.7 Å². The summed E-state index contributed by atoms with van der Waals surface area (Å²) in [6.45, 7) is 3.97. The number of carbonyl (C=O) groups is 2. The first-order valence-corrected chi connectivity index (χ1v) is 9.59. The number of methoxy groups -OCH3 is 1. The Bertz CT molecular complexity index is 996. The number of aromatic nitrogens is 1. The number of rotatable bonds is 6. The Morgan fingerprint density at radius 3 is 2.50 bits per heavy atom. The maximum absolute atomic E-state index is 12.3. The molecule has 0 saturated carbocycles. The first kappa shape index (κ1) is 19.6. The minimum absolute atomic E-state index is 0.141. The highest BCUT2D eigenvalue weighted by atomic mass is 32.1. The predicted octanol–water partition coefficient (Wildman–Crippen LogP) is 4.20. The standard InChI is InChI=1S/C21H21N3O3S/c1-13-4-9-18(14(2)10-13)23-19(25)11-16-12-28-21(22-16)24-20(26)15-5-7-17(27-3)8-6-15/h4-10,12H,11H2,1-3H3,(H,23,25)(H,22,24,26). The second kappa shape index (κ2) is 8.67. The van der Waals surface area contributed by atoms with Gasteiger partial charge in [0.25, 0.3) is 5.91 Å². The summed E-state index contributed by atoms with van der Waals surface area (Å²) in [5.74, 6) is 0.275. The van der Waals surface area contributed by atoms with Gasteiger partial charge >= 0.3 is 0 Å². The van der Waals surface area contributed by atoms with Crippen LogP contribution < -0.4 is 15.4 Å². The smallest absolute Gasteiger partial charge is 0.257 e. The summed E-state index contributed by atoms with van der Waals surface area (Å²) in [6.07, 6.45) is 0.141. The maximum Gasteiger partial charge on any atom is 0.257 e. The predicted molar refractivity (Wildman–Crippen MR) is 111 cm³/mol. The van der Waals surface area contributed by atoms with Gasteiger partial charge in [0.15, 0.2) is 5.13 Å². The zero-order valence-corrected chi connectivity index (χ0v) is 16.7. The van der Waals surface area contributed by atoms with E-state index in [9.17, 15) is 9.59 Å². The number of ether oxygens (including phenoxy) is 1. The lowest BCUT2D eigenvalue weighted by molar-refractivity contribution is -0.115. The van der Waals surface area contributed by atoms with Gasteiger partial charge in [-0.25, -0.2) is 4.98 Å². The average molecular weight is 395 g/mol. The monoisotopic (exact) mass is 395 g/mol. The van der Waals surface area contributed by atoms with Crippen molar-refractivity contribution in [1.82, 2.24) is 4.98 Å². The van der Waals surface area contributed by atoms with E-state index in [0.717, 1.165) is 16.8 Å². The van der Waals surface area contributed by atoms with Crippen molar-refractivity contribution in [2.24, 2.45) is 0 Å². The Kier molecular flexibility index (Phi) is 6.06. The maximum atomic E-state index is 12.3. The van der Waals surface area contributed by atoms with E-state index in [1.165, 1.54) is 11.3 Å². The molecule has 0 atom stereocenters. The molecule has 0 aliphatic carbocycles. The van der Waals surface area contributed by atoms with Gasteiger partial charge in [-0.15, -0.1) is 11.3 Å². The number of nitrogens with zero attached hydrogens (tertiary/aromatic N) is 1. The molecule has 0 radical (unpaired) electrons. The van der Waals surface area contributed by atoms with Gasteiger partial charge < -0.3 is 10.1 Å². The van der Waals surface area contributed by atoms with E-state index in [1.54, 1.807) is 36.8 Å². The molecule has 0 aliphatic rings. The molecule has 0 aliphatic heterocycles. The van der Waals surface area contributed by atoms with E-state index in [4.69, 9.17) is 4.74 Å². The summed E-state index contributed by atoms with van der Waals surface area (Å²) in [7, 11) is 1.57. The molecule has 3 rings (SSSR count). The van der Waals surface area contributed by atoms with Crippen molar-refractivity contribution in [3.8, 4) is 5.75 Å². The van der Waals surface area contributed by atoms with Gasteiger partial charge in [-0.1, -0.05) is 17.7 Å². The fourth-order valence-electron chi connectivity index (χ4n) is 2.67. The third kappa shape index (κ3) is 4.95. The number of carbonyl (C=O) groups excluding carboxylic acids is 2. The number of hydrogen-bond acceptors (Lipinski definition) is 5. The average Bonchev–Trinajstić information content (AvgIpc) is 3.10. The number of aryl methyl sites for hydroxylation is 2. The Morgan fingerprint density at radius 1 is 1.07 bits per heavy atom. The summed E-state index contributed by atoms with van der Waals surface area (Å²) in [6, 6.07) is 12.7. The van der Waals surface area contributed by atoms with Crippen LogP contribution in [0.25, 0.3) is 0 Å². The zero-order valence-electron chi connectivity index (χ0n) is 15.9. The lowest BCUT2D eigenvalue weighted by Gasteiger charge is -2.08. The molecular formula is C21H21N3O3S. The Labute approximate surface area is 167 Å². The molecule has 2 aromatic carbocycles. The Morgan fingerprint density at radius 2 is 1.82 bits per heavy atom. The first-order chi connectivity index (χ1) is 13.4. The summed E-state index contributed by atoms with van der Waals surface area (Å²) in [4.78, 5) is 28.9. The third-order valence-corrected chi connectivity index (χ3v) is 4.93. The minimum atomic E-state index is -0.261. The number of hydrogen-bond donors (Lipinski definition) is 2. The van der Waals surface area contributed by atoms with Crippen molar-refractivity contribution in [2.75, 3.05) is 17.7 Å². The molecular weight excluding hydrogens is 374 g/mol. The first-order valence-electron chi connectivity index (χ1n) is 8.71. The van der Waals surface area contributed by atoms with Crippen molar-refractivity contribution < 1.29 is 14.3 Å². The van der Waals surface area contributed by atoms with E-state index in [0.29, 0.717) is 22.1 Å². The van der Waals surface area contributed by atoms with Crippen LogP contribution in [0.4, 0.5) is 10.8 Å². The summed E-state index contributed by atoms with van der Waals surface area (Å²) in [5, 5.41) is 7.87. The molecule has 0 fully saturated rings. The van der Waals surface area contributed by atoms with Crippen LogP contribution in [-0.4, -0.2) is 23.9 Å². The molecule has 0 saturated heterocycles. The van der Waals surface area contributed by atoms with E-state index < -0.39 is 0 Å². The van der Waals surface area contributed by atoms with Crippen LogP contribution in [0.1, 0.15) is 27.2 Å². The van der Waals surface area contributed by atoms with Gasteiger partial charge in [0, 0.05) is 16.6 Å². The lowest BCUT2D eigenvalue weighted by Crippen LogP contribution is -2.16. The van der Waals surface area contributed by atoms with Crippen molar-refractivity contribution in [3.63, 3.8) is 0 Å². The molecule has 7 heteroatoms. The number of nitrogens with one attached hydrogen (secondary N) is 2. The van der Waals surface area contributed by atoms with E-state index in [1.807, 2.05) is 32.0 Å². The van der Waals surface area contributed by atoms with Crippen LogP contribution >= 0.6 is 11.3 Å². The van der Waals surface area contributed by atoms with Gasteiger partial charge in [-0.3, -0.25) is 14.9 Å². The SMILES string of the molecule is COc1ccc(C(=O)Nc2nc(CC(=O)Nc3ccc(C)cc3C)cs2)cc1. The normalized spacial score (nSPS) is 10.4. The van der Waals surface area contributed by atoms with E-state index >= 15 is 0 Å². The Hall–Kier alpha value is -3.19. The Balaban J connectivity index is 1.58. The fraction of sp³-hybridized carbons (Fsp3) is 0.190. The molecule has 1 aromatic heterocycles. The van der Waals surface area contributed by atoms with Crippen molar-refractivity contribution in [1.29, 1.82) is 0 Å². The highest BCUT2D eigenvalue weighted by molar-refractivity contribution is 7.14. The molecule has 144 valence electrons. The molecule has 1 heterocycles. The largest absolute Gasteiger partial charge is 0.497 e. The van der Waals surface area contributed by atoms with Crippen LogP contribution in [0.2, 0.25) is 0 Å². The van der Waals surface area contributed by atoms with Crippen molar-refractivity contribution >= 4 is 34.0 Å². The summed E-state index contributed by atoms with van der Waals surface area (Å²) in [5.41, 5.74) is 4.06. The van der Waals surface area contributed by atoms with Gasteiger partial charge in [0.05, 0.1) is 19.2 Å². The molecule has 0 bridgehead atoms. The van der Waals surface area contributed by atoms with E-state index in [2.05, 4.69) is 15.6 Å². The highest BCUT2D eigenvalue weighted by Gasteiger charge is 2.12. The molecule has 28 heavy (non-hydrogen) atoms. The second-order valence-electron chi connectivity index (χ2n) is 6.37. The molecule has 0 spiro atoms. The number of anilines is 2. The van der Waals surface area contributed by atoms with Gasteiger partial charge in [0.1, 0.15) is 5.75 Å². The minimum Gasteiger partial charge on any atom is -0.497 e. The molecule has 2 amide bonds. The van der Waals surface area contributed by atoms with Crippen LogP contribution in [0.3, 0.4) is 0 Å². The molecule has 3 aromatic rings. The number of thiazole rings is 1. The van der Waals surface area contributed by atoms with Crippen LogP contribution in [-0.2, 0) is 11.2 Å². The van der Waals surface area contributed by atoms with Gasteiger partial charge in [0.2, 0.25) is 5.91 Å². The fourth-order valence-corrected chi connectivity index (χ4v) is 3.38. The number of amides is 2. The van der Waals surface area contributed by atoms with Crippen LogP contribution in [0.5, 0.6) is 5.75 Å². The summed E-state index contributed by atoms with van der Waals surface area (Å²) < 4.78 is 5.08. The van der Waals surface area contributed by atoms with Crippen LogP contribution in [0, 0.1) is 13.8 Å². The van der Waals surface area contributed by atoms with E-state index in [-0.39, 0.29) is 18.2 Å². The molecule has 2 N–H and O–H groups in total. The lowest BCUT2D eigenvalue weighted by atomic mass is 10.1. The van der Waals surface area contributed by atoms with Gasteiger partial charge in [-0.2, -0.15) is 0 Å². The highest BCUT2D eigenvalue weighted by Crippen LogP contribution is 2.20. The zero-order chi connectivity index (χ0) is 20.1. The second-order valence-corrected chi connectivity index (χ2v) is 7.23. The number of benzene rings is 2.